The van der Waals surface area contributed by atoms with E-state index < -0.39 is 0 Å². The molecule has 0 saturated heterocycles. The first-order valence-electron chi connectivity index (χ1n) is 8.72. The summed E-state index contributed by atoms with van der Waals surface area (Å²) in [6, 6.07) is 10.3. The first-order valence-corrected chi connectivity index (χ1v) is 8.72. The molecule has 22 heavy (non-hydrogen) atoms. The van der Waals surface area contributed by atoms with Crippen LogP contribution in [0.4, 0.5) is 0 Å². The number of benzene rings is 1. The van der Waals surface area contributed by atoms with Gasteiger partial charge in [-0.2, -0.15) is 0 Å². The number of carbonyl (C=O) groups is 1. The number of hydrogen-bond donors (Lipinski definition) is 2. The molecule has 2 N–H and O–H groups in total. The summed E-state index contributed by atoms with van der Waals surface area (Å²) in [6.07, 6.45) is 8.65. The molecule has 1 aliphatic rings. The molecule has 1 amide bonds. The largest absolute Gasteiger partial charge is 0.396 e. The molecule has 1 aromatic rings. The molecule has 0 aliphatic heterocycles. The molecule has 2 rings (SSSR count). The number of rotatable bonds is 8. The molecule has 0 aromatic heterocycles. The topological polar surface area (TPSA) is 49.3 Å². The lowest BCUT2D eigenvalue weighted by Gasteiger charge is -2.21. The highest BCUT2D eigenvalue weighted by Crippen LogP contribution is 2.26. The van der Waals surface area contributed by atoms with Gasteiger partial charge in [0.1, 0.15) is 0 Å². The summed E-state index contributed by atoms with van der Waals surface area (Å²) in [5.74, 6) is 1.11. The summed E-state index contributed by atoms with van der Waals surface area (Å²) in [4.78, 5) is 12.0. The zero-order chi connectivity index (χ0) is 15.6. The van der Waals surface area contributed by atoms with Gasteiger partial charge in [-0.05, 0) is 43.1 Å². The van der Waals surface area contributed by atoms with Crippen molar-refractivity contribution in [3.8, 4) is 0 Å². The lowest BCUT2D eigenvalue weighted by atomic mass is 9.87. The molecule has 1 aromatic carbocycles. The standard InChI is InChI=1S/C19H29NO2/c21-14-12-18(17-9-5-2-6-10-17)11-13-20-19(22)15-16-7-3-1-4-8-16/h2,5-6,9-10,16,18,21H,1,3-4,7-8,11-15H2,(H,20,22). The summed E-state index contributed by atoms with van der Waals surface area (Å²) in [7, 11) is 0. The zero-order valence-electron chi connectivity index (χ0n) is 13.5. The third-order valence-corrected chi connectivity index (χ3v) is 4.76. The van der Waals surface area contributed by atoms with Crippen LogP contribution in [0.2, 0.25) is 0 Å². The first kappa shape index (κ1) is 17.0. The first-order chi connectivity index (χ1) is 10.8. The van der Waals surface area contributed by atoms with E-state index in [1.165, 1.54) is 37.7 Å². The zero-order valence-corrected chi connectivity index (χ0v) is 13.5. The van der Waals surface area contributed by atoms with Gasteiger partial charge >= 0.3 is 0 Å². The number of nitrogens with one attached hydrogen (secondary N) is 1. The summed E-state index contributed by atoms with van der Waals surface area (Å²) in [5, 5.41) is 12.3. The quantitative estimate of drug-likeness (QED) is 0.770. The van der Waals surface area contributed by atoms with Gasteiger partial charge < -0.3 is 10.4 Å². The number of aliphatic hydroxyl groups excluding tert-OH is 1. The molecule has 122 valence electrons. The van der Waals surface area contributed by atoms with Crippen molar-refractivity contribution in [3.05, 3.63) is 35.9 Å². The summed E-state index contributed by atoms with van der Waals surface area (Å²) in [5.41, 5.74) is 1.25. The van der Waals surface area contributed by atoms with E-state index >= 15 is 0 Å². The Morgan fingerprint density at radius 1 is 1.14 bits per heavy atom. The second kappa shape index (κ2) is 9.62. The lowest BCUT2D eigenvalue weighted by Crippen LogP contribution is -2.28. The predicted molar refractivity (Wildman–Crippen MR) is 89.7 cm³/mol. The molecule has 3 nitrogen and oxygen atoms in total. The molecular weight excluding hydrogens is 274 g/mol. The van der Waals surface area contributed by atoms with Crippen molar-refractivity contribution in [2.24, 2.45) is 5.92 Å². The maximum absolute atomic E-state index is 12.0. The van der Waals surface area contributed by atoms with Gasteiger partial charge in [-0.3, -0.25) is 4.79 Å². The van der Waals surface area contributed by atoms with Gasteiger partial charge in [0.25, 0.3) is 0 Å². The van der Waals surface area contributed by atoms with E-state index in [0.717, 1.165) is 12.8 Å². The average Bonchev–Trinajstić information content (AvgIpc) is 2.56. The van der Waals surface area contributed by atoms with Crippen molar-refractivity contribution in [2.75, 3.05) is 13.2 Å². The van der Waals surface area contributed by atoms with Crippen LogP contribution in [-0.4, -0.2) is 24.2 Å². The van der Waals surface area contributed by atoms with Gasteiger partial charge in [-0.25, -0.2) is 0 Å². The van der Waals surface area contributed by atoms with E-state index in [2.05, 4.69) is 17.4 Å². The molecule has 0 radical (unpaired) electrons. The number of hydrogen-bond acceptors (Lipinski definition) is 2. The maximum atomic E-state index is 12.0. The Kier molecular flexibility index (Phi) is 7.44. The van der Waals surface area contributed by atoms with Crippen LogP contribution in [0.3, 0.4) is 0 Å². The van der Waals surface area contributed by atoms with Gasteiger partial charge in [0, 0.05) is 19.6 Å². The van der Waals surface area contributed by atoms with Crippen molar-refractivity contribution in [1.29, 1.82) is 0 Å². The van der Waals surface area contributed by atoms with Crippen molar-refractivity contribution in [1.82, 2.24) is 5.32 Å². The van der Waals surface area contributed by atoms with Crippen molar-refractivity contribution in [3.63, 3.8) is 0 Å². The molecule has 0 bridgehead atoms. The molecule has 1 aliphatic carbocycles. The highest BCUT2D eigenvalue weighted by molar-refractivity contribution is 5.76. The second-order valence-corrected chi connectivity index (χ2v) is 6.47. The molecular formula is C19H29NO2. The van der Waals surface area contributed by atoms with Crippen LogP contribution in [0, 0.1) is 5.92 Å². The Balaban J connectivity index is 1.71. The van der Waals surface area contributed by atoms with Crippen LogP contribution >= 0.6 is 0 Å². The fourth-order valence-corrected chi connectivity index (χ4v) is 3.47. The van der Waals surface area contributed by atoms with Gasteiger partial charge in [0.2, 0.25) is 5.91 Å². The predicted octanol–water partition coefficient (Wildman–Crippen LogP) is 3.63. The van der Waals surface area contributed by atoms with Gasteiger partial charge in [-0.15, -0.1) is 0 Å². The number of amides is 1. The molecule has 1 atom stereocenters. The van der Waals surface area contributed by atoms with E-state index in [-0.39, 0.29) is 12.5 Å². The summed E-state index contributed by atoms with van der Waals surface area (Å²) < 4.78 is 0. The molecule has 0 heterocycles. The van der Waals surface area contributed by atoms with E-state index in [0.29, 0.717) is 24.8 Å². The minimum atomic E-state index is 0.190. The third kappa shape index (κ3) is 5.80. The van der Waals surface area contributed by atoms with Crippen LogP contribution in [0.25, 0.3) is 0 Å². The smallest absolute Gasteiger partial charge is 0.220 e. The lowest BCUT2D eigenvalue weighted by molar-refractivity contribution is -0.122. The van der Waals surface area contributed by atoms with Crippen LogP contribution in [0.5, 0.6) is 0 Å². The molecule has 3 heteroatoms. The third-order valence-electron chi connectivity index (χ3n) is 4.76. The Labute approximate surface area is 134 Å². The van der Waals surface area contributed by atoms with Gasteiger partial charge in [-0.1, -0.05) is 49.6 Å². The molecule has 1 unspecified atom stereocenters. The Morgan fingerprint density at radius 2 is 1.86 bits per heavy atom. The van der Waals surface area contributed by atoms with Crippen molar-refractivity contribution < 1.29 is 9.90 Å². The van der Waals surface area contributed by atoms with Crippen LogP contribution in [-0.2, 0) is 4.79 Å². The Morgan fingerprint density at radius 3 is 2.55 bits per heavy atom. The van der Waals surface area contributed by atoms with Gasteiger partial charge in [0.15, 0.2) is 0 Å². The van der Waals surface area contributed by atoms with Crippen molar-refractivity contribution in [2.45, 2.75) is 57.3 Å². The Hall–Kier alpha value is -1.35. The minimum Gasteiger partial charge on any atom is -0.396 e. The van der Waals surface area contributed by atoms with Crippen LogP contribution in [0.15, 0.2) is 30.3 Å². The molecule has 1 saturated carbocycles. The number of carbonyl (C=O) groups excluding carboxylic acids is 1. The second-order valence-electron chi connectivity index (χ2n) is 6.47. The summed E-state index contributed by atoms with van der Waals surface area (Å²) >= 11 is 0. The van der Waals surface area contributed by atoms with E-state index in [1.54, 1.807) is 0 Å². The average molecular weight is 303 g/mol. The number of aliphatic hydroxyl groups is 1. The fraction of sp³-hybridized carbons (Fsp3) is 0.632. The van der Waals surface area contributed by atoms with Crippen LogP contribution in [0.1, 0.15) is 62.8 Å². The minimum absolute atomic E-state index is 0.190. The molecule has 1 fully saturated rings. The van der Waals surface area contributed by atoms with E-state index in [4.69, 9.17) is 0 Å². The monoisotopic (exact) mass is 303 g/mol. The van der Waals surface area contributed by atoms with Crippen molar-refractivity contribution >= 4 is 5.91 Å². The maximum Gasteiger partial charge on any atom is 0.220 e. The Bertz CT molecular complexity index is 426. The van der Waals surface area contributed by atoms with E-state index in [9.17, 15) is 9.90 Å². The highest BCUT2D eigenvalue weighted by Gasteiger charge is 2.17. The molecule has 0 spiro atoms. The fourth-order valence-electron chi connectivity index (χ4n) is 3.47. The SMILES string of the molecule is O=C(CC1CCCCC1)NCCC(CCO)c1ccccc1. The van der Waals surface area contributed by atoms with Crippen LogP contribution < -0.4 is 5.32 Å². The van der Waals surface area contributed by atoms with E-state index in [1.807, 2.05) is 18.2 Å². The highest BCUT2D eigenvalue weighted by atomic mass is 16.3. The summed E-state index contributed by atoms with van der Waals surface area (Å²) in [6.45, 7) is 0.890. The normalized spacial score (nSPS) is 17.1. The van der Waals surface area contributed by atoms with Gasteiger partial charge in [0.05, 0.1) is 0 Å².